The zero-order chi connectivity index (χ0) is 18.7. The van der Waals surface area contributed by atoms with Gasteiger partial charge in [-0.3, -0.25) is 4.79 Å². The first-order valence-electron chi connectivity index (χ1n) is 8.60. The molecule has 0 saturated heterocycles. The maximum Gasteiger partial charge on any atom is 0.224 e. The van der Waals surface area contributed by atoms with Crippen LogP contribution in [-0.2, 0) is 11.2 Å². The minimum Gasteiger partial charge on any atom is -0.349 e. The minimum atomic E-state index is -0.327. The van der Waals surface area contributed by atoms with Crippen molar-refractivity contribution in [1.29, 1.82) is 0 Å². The smallest absolute Gasteiger partial charge is 0.224 e. The average molecular weight is 351 g/mol. The fourth-order valence-electron chi connectivity index (χ4n) is 3.05. The van der Waals surface area contributed by atoms with Gasteiger partial charge in [-0.1, -0.05) is 24.3 Å². The van der Waals surface area contributed by atoms with Crippen LogP contribution in [0.5, 0.6) is 0 Å². The number of hydrogen-bond donors (Lipinski definition) is 1. The topological polar surface area (TPSA) is 46.9 Å². The molecule has 2 aromatic carbocycles. The van der Waals surface area contributed by atoms with E-state index in [4.69, 9.17) is 0 Å². The lowest BCUT2D eigenvalue weighted by atomic mass is 10.0. The Morgan fingerprint density at radius 2 is 1.92 bits per heavy atom. The van der Waals surface area contributed by atoms with E-state index >= 15 is 0 Å². The number of aryl methyl sites for hydroxylation is 1. The van der Waals surface area contributed by atoms with E-state index in [2.05, 4.69) is 10.4 Å². The molecular formula is C21H22FN3O. The normalized spacial score (nSPS) is 12.0. The summed E-state index contributed by atoms with van der Waals surface area (Å²) in [6, 6.07) is 14.2. The van der Waals surface area contributed by atoms with Crippen molar-refractivity contribution in [3.8, 4) is 5.69 Å². The van der Waals surface area contributed by atoms with Gasteiger partial charge in [0, 0.05) is 11.3 Å². The van der Waals surface area contributed by atoms with Crippen LogP contribution in [-0.4, -0.2) is 15.7 Å². The molecule has 1 N–H and O–H groups in total. The first-order valence-corrected chi connectivity index (χ1v) is 8.60. The largest absolute Gasteiger partial charge is 0.349 e. The van der Waals surface area contributed by atoms with Crippen LogP contribution in [0.25, 0.3) is 5.69 Å². The third kappa shape index (κ3) is 3.82. The second kappa shape index (κ2) is 7.52. The fourth-order valence-corrected chi connectivity index (χ4v) is 3.05. The van der Waals surface area contributed by atoms with Gasteiger partial charge in [-0.2, -0.15) is 5.10 Å². The van der Waals surface area contributed by atoms with Crippen LogP contribution in [0.4, 0.5) is 4.39 Å². The molecule has 3 rings (SSSR count). The van der Waals surface area contributed by atoms with E-state index in [1.807, 2.05) is 55.8 Å². The highest BCUT2D eigenvalue weighted by Gasteiger charge is 2.17. The Morgan fingerprint density at radius 1 is 1.19 bits per heavy atom. The molecule has 0 aliphatic heterocycles. The lowest BCUT2D eigenvalue weighted by Gasteiger charge is -2.15. The molecule has 1 unspecified atom stereocenters. The van der Waals surface area contributed by atoms with Gasteiger partial charge in [0.2, 0.25) is 5.91 Å². The molecule has 0 saturated carbocycles. The number of rotatable bonds is 5. The monoisotopic (exact) mass is 351 g/mol. The summed E-state index contributed by atoms with van der Waals surface area (Å²) in [7, 11) is 0. The molecule has 0 spiro atoms. The number of carbonyl (C=O) groups is 1. The third-order valence-corrected chi connectivity index (χ3v) is 4.55. The molecule has 1 atom stereocenters. The molecule has 1 amide bonds. The van der Waals surface area contributed by atoms with Crippen molar-refractivity contribution in [3.05, 3.63) is 82.9 Å². The number of amides is 1. The highest BCUT2D eigenvalue weighted by atomic mass is 19.1. The molecule has 1 aromatic heterocycles. The average Bonchev–Trinajstić information content (AvgIpc) is 3.00. The van der Waals surface area contributed by atoms with E-state index in [9.17, 15) is 9.18 Å². The highest BCUT2D eigenvalue weighted by molar-refractivity contribution is 5.79. The van der Waals surface area contributed by atoms with Gasteiger partial charge >= 0.3 is 0 Å². The zero-order valence-electron chi connectivity index (χ0n) is 15.2. The number of nitrogens with one attached hydrogen (secondary N) is 1. The van der Waals surface area contributed by atoms with Gasteiger partial charge in [0.1, 0.15) is 5.82 Å². The lowest BCUT2D eigenvalue weighted by molar-refractivity contribution is -0.121. The number of benzene rings is 2. The van der Waals surface area contributed by atoms with Crippen LogP contribution in [0.3, 0.4) is 0 Å². The van der Waals surface area contributed by atoms with E-state index in [0.29, 0.717) is 5.56 Å². The maximum absolute atomic E-state index is 13.4. The molecule has 4 nitrogen and oxygen atoms in total. The van der Waals surface area contributed by atoms with Gasteiger partial charge in [0.05, 0.1) is 24.3 Å². The number of hydrogen-bond acceptors (Lipinski definition) is 2. The second-order valence-electron chi connectivity index (χ2n) is 6.47. The highest BCUT2D eigenvalue weighted by Crippen LogP contribution is 2.20. The molecule has 5 heteroatoms. The molecule has 0 radical (unpaired) electrons. The van der Waals surface area contributed by atoms with Crippen LogP contribution in [0.1, 0.15) is 35.3 Å². The first kappa shape index (κ1) is 17.9. The Balaban J connectivity index is 1.72. The summed E-state index contributed by atoms with van der Waals surface area (Å²) in [5.41, 5.74) is 4.52. The van der Waals surface area contributed by atoms with Crippen molar-refractivity contribution in [1.82, 2.24) is 15.1 Å². The SMILES string of the molecule is Cc1ccc(F)cc1CC(=O)NC(C)c1cnn(-c2ccccc2)c1C. The number of para-hydroxylation sites is 1. The van der Waals surface area contributed by atoms with Gasteiger partial charge in [0.25, 0.3) is 0 Å². The number of aromatic nitrogens is 2. The molecule has 0 aliphatic carbocycles. The third-order valence-electron chi connectivity index (χ3n) is 4.55. The quantitative estimate of drug-likeness (QED) is 0.754. The number of halogens is 1. The van der Waals surface area contributed by atoms with Crippen molar-refractivity contribution in [2.24, 2.45) is 0 Å². The van der Waals surface area contributed by atoms with Gasteiger partial charge in [-0.05, 0) is 56.2 Å². The van der Waals surface area contributed by atoms with Gasteiger partial charge < -0.3 is 5.32 Å². The molecule has 26 heavy (non-hydrogen) atoms. The van der Waals surface area contributed by atoms with Crippen molar-refractivity contribution in [3.63, 3.8) is 0 Å². The first-order chi connectivity index (χ1) is 12.5. The van der Waals surface area contributed by atoms with E-state index in [-0.39, 0.29) is 24.2 Å². The van der Waals surface area contributed by atoms with Gasteiger partial charge in [-0.25, -0.2) is 9.07 Å². The molecular weight excluding hydrogens is 329 g/mol. The molecule has 1 heterocycles. The molecule has 0 aliphatic rings. The predicted octanol–water partition coefficient (Wildman–Crippen LogP) is 4.05. The van der Waals surface area contributed by atoms with Crippen molar-refractivity contribution < 1.29 is 9.18 Å². The second-order valence-corrected chi connectivity index (χ2v) is 6.47. The van der Waals surface area contributed by atoms with Gasteiger partial charge in [-0.15, -0.1) is 0 Å². The van der Waals surface area contributed by atoms with Crippen LogP contribution < -0.4 is 5.32 Å². The van der Waals surface area contributed by atoms with E-state index in [1.54, 1.807) is 12.3 Å². The van der Waals surface area contributed by atoms with Gasteiger partial charge in [0.15, 0.2) is 0 Å². The van der Waals surface area contributed by atoms with Crippen LogP contribution >= 0.6 is 0 Å². The summed E-state index contributed by atoms with van der Waals surface area (Å²) in [6.07, 6.45) is 1.93. The molecule has 0 bridgehead atoms. The molecule has 134 valence electrons. The maximum atomic E-state index is 13.4. The van der Waals surface area contributed by atoms with E-state index < -0.39 is 0 Å². The number of carbonyl (C=O) groups excluding carboxylic acids is 1. The van der Waals surface area contributed by atoms with E-state index in [1.165, 1.54) is 12.1 Å². The summed E-state index contributed by atoms with van der Waals surface area (Å²) >= 11 is 0. The Bertz CT molecular complexity index is 918. The van der Waals surface area contributed by atoms with Crippen LogP contribution in [0.15, 0.2) is 54.7 Å². The van der Waals surface area contributed by atoms with E-state index in [0.717, 1.165) is 22.5 Å². The Morgan fingerprint density at radius 3 is 2.65 bits per heavy atom. The summed E-state index contributed by atoms with van der Waals surface area (Å²) in [5, 5.41) is 7.42. The zero-order valence-corrected chi connectivity index (χ0v) is 15.2. The Labute approximate surface area is 152 Å². The minimum absolute atomic E-state index is 0.141. The molecule has 0 fully saturated rings. The van der Waals surface area contributed by atoms with Crippen LogP contribution in [0.2, 0.25) is 0 Å². The predicted molar refractivity (Wildman–Crippen MR) is 99.7 cm³/mol. The number of nitrogens with zero attached hydrogens (tertiary/aromatic N) is 2. The van der Waals surface area contributed by atoms with Crippen molar-refractivity contribution in [2.75, 3.05) is 0 Å². The van der Waals surface area contributed by atoms with Crippen molar-refractivity contribution >= 4 is 5.91 Å². The summed E-state index contributed by atoms with van der Waals surface area (Å²) in [5.74, 6) is -0.468. The summed E-state index contributed by atoms with van der Waals surface area (Å²) in [6.45, 7) is 5.78. The van der Waals surface area contributed by atoms with Crippen LogP contribution in [0, 0.1) is 19.7 Å². The Hall–Kier alpha value is -2.95. The Kier molecular flexibility index (Phi) is 5.16. The summed E-state index contributed by atoms with van der Waals surface area (Å²) < 4.78 is 15.3. The fraction of sp³-hybridized carbons (Fsp3) is 0.238. The van der Waals surface area contributed by atoms with Crippen molar-refractivity contribution in [2.45, 2.75) is 33.2 Å². The lowest BCUT2D eigenvalue weighted by Crippen LogP contribution is -2.28. The summed E-state index contributed by atoms with van der Waals surface area (Å²) in [4.78, 5) is 12.4. The standard InChI is InChI=1S/C21H22FN3O/c1-14-9-10-18(22)11-17(14)12-21(26)24-15(2)20-13-23-25(16(20)3)19-7-5-4-6-8-19/h4-11,13,15H,12H2,1-3H3,(H,24,26). The molecule has 3 aromatic rings.